The van der Waals surface area contributed by atoms with Crippen molar-refractivity contribution in [1.82, 2.24) is 9.29 Å². The molecule has 1 saturated heterocycles. The maximum Gasteiger partial charge on any atom is 0.243 e. The number of para-hydroxylation sites is 1. The molecule has 1 atom stereocenters. The quantitative estimate of drug-likeness (QED) is 0.669. The number of nitrogens with one attached hydrogen (secondary N) is 1. The van der Waals surface area contributed by atoms with Gasteiger partial charge in [0.2, 0.25) is 15.9 Å². The molecule has 0 aliphatic carbocycles. The van der Waals surface area contributed by atoms with Crippen molar-refractivity contribution in [2.45, 2.75) is 17.7 Å². The number of ether oxygens (including phenoxy) is 1. The summed E-state index contributed by atoms with van der Waals surface area (Å²) in [6.45, 7) is 0.560. The van der Waals surface area contributed by atoms with Crippen molar-refractivity contribution in [3.63, 3.8) is 0 Å². The summed E-state index contributed by atoms with van der Waals surface area (Å²) in [5.41, 5.74) is 0.833. The number of rotatable bonds is 5. The first-order valence-corrected chi connectivity index (χ1v) is 11.5. The number of nitrogens with zero attached hydrogens (tertiary/aromatic N) is 2. The molecule has 2 heterocycles. The molecule has 0 saturated carbocycles. The van der Waals surface area contributed by atoms with Crippen LogP contribution >= 0.6 is 11.3 Å². The van der Waals surface area contributed by atoms with Crippen molar-refractivity contribution in [2.24, 2.45) is 5.92 Å². The zero-order valence-electron chi connectivity index (χ0n) is 15.9. The molecule has 1 N–H and O–H groups in total. The minimum atomic E-state index is -3.66. The van der Waals surface area contributed by atoms with Crippen LogP contribution in [0.1, 0.15) is 12.8 Å². The largest absolute Gasteiger partial charge is 0.497 e. The zero-order valence-corrected chi connectivity index (χ0v) is 17.5. The first-order valence-electron chi connectivity index (χ1n) is 9.28. The number of amides is 1. The van der Waals surface area contributed by atoms with Crippen LogP contribution in [0.5, 0.6) is 5.75 Å². The minimum Gasteiger partial charge on any atom is -0.497 e. The van der Waals surface area contributed by atoms with E-state index in [1.165, 1.54) is 34.9 Å². The monoisotopic (exact) mass is 431 g/mol. The van der Waals surface area contributed by atoms with Gasteiger partial charge in [0.25, 0.3) is 0 Å². The summed E-state index contributed by atoms with van der Waals surface area (Å²) < 4.78 is 33.4. The molecule has 9 heteroatoms. The molecule has 1 amide bonds. The zero-order chi connectivity index (χ0) is 20.4. The van der Waals surface area contributed by atoms with Gasteiger partial charge in [0.05, 0.1) is 28.1 Å². The average molecular weight is 432 g/mol. The summed E-state index contributed by atoms with van der Waals surface area (Å²) in [6, 6.07) is 14.0. The summed E-state index contributed by atoms with van der Waals surface area (Å²) in [7, 11) is -2.13. The van der Waals surface area contributed by atoms with E-state index in [1.54, 1.807) is 12.1 Å². The Labute approximate surface area is 173 Å². The van der Waals surface area contributed by atoms with Crippen molar-refractivity contribution in [3.8, 4) is 5.75 Å². The van der Waals surface area contributed by atoms with Crippen LogP contribution < -0.4 is 10.1 Å². The van der Waals surface area contributed by atoms with Gasteiger partial charge in [-0.2, -0.15) is 4.31 Å². The molecule has 0 spiro atoms. The summed E-state index contributed by atoms with van der Waals surface area (Å²) >= 11 is 1.41. The van der Waals surface area contributed by atoms with Gasteiger partial charge in [-0.05, 0) is 49.2 Å². The topological polar surface area (TPSA) is 88.6 Å². The highest BCUT2D eigenvalue weighted by atomic mass is 32.2. The molecule has 152 valence electrons. The SMILES string of the molecule is COc1ccc(S(=O)(=O)N2CCC[C@@H](C(=O)Nc3nc4ccccc4s3)C2)cc1. The standard InChI is InChI=1S/C20H21N3O4S2/c1-27-15-8-10-16(11-9-15)29(25,26)23-12-4-5-14(13-23)19(24)22-20-21-17-6-2-3-7-18(17)28-20/h2-3,6-11,14H,4-5,12-13H2,1H3,(H,21,22,24)/t14-/m1/s1. The van der Waals surface area contributed by atoms with Crippen LogP contribution in [0.15, 0.2) is 53.4 Å². The van der Waals surface area contributed by atoms with E-state index in [0.717, 1.165) is 10.2 Å². The van der Waals surface area contributed by atoms with Crippen LogP contribution in [0.4, 0.5) is 5.13 Å². The highest BCUT2D eigenvalue weighted by molar-refractivity contribution is 7.89. The third-order valence-corrected chi connectivity index (χ3v) is 7.81. The van der Waals surface area contributed by atoms with E-state index in [4.69, 9.17) is 4.74 Å². The first kappa shape index (κ1) is 19.8. The lowest BCUT2D eigenvalue weighted by Gasteiger charge is -2.31. The number of hydrogen-bond acceptors (Lipinski definition) is 6. The molecule has 1 aliphatic heterocycles. The Morgan fingerprint density at radius 3 is 2.69 bits per heavy atom. The molecule has 29 heavy (non-hydrogen) atoms. The molecule has 0 bridgehead atoms. The second-order valence-corrected chi connectivity index (χ2v) is 9.82. The van der Waals surface area contributed by atoms with Crippen LogP contribution in [0.3, 0.4) is 0 Å². The lowest BCUT2D eigenvalue weighted by molar-refractivity contribution is -0.120. The summed E-state index contributed by atoms with van der Waals surface area (Å²) in [5, 5.41) is 3.39. The summed E-state index contributed by atoms with van der Waals surface area (Å²) in [5.74, 6) is -0.0156. The van der Waals surface area contributed by atoms with Crippen molar-refractivity contribution in [2.75, 3.05) is 25.5 Å². The first-order chi connectivity index (χ1) is 14.0. The number of anilines is 1. The predicted molar refractivity (Wildman–Crippen MR) is 113 cm³/mol. The van der Waals surface area contributed by atoms with E-state index >= 15 is 0 Å². The third kappa shape index (κ3) is 4.12. The number of sulfonamides is 1. The molecule has 3 aromatic rings. The van der Waals surface area contributed by atoms with Gasteiger partial charge in [-0.15, -0.1) is 0 Å². The molecule has 4 rings (SSSR count). The van der Waals surface area contributed by atoms with Crippen LogP contribution in [0, 0.1) is 5.92 Å². The van der Waals surface area contributed by atoms with Gasteiger partial charge < -0.3 is 10.1 Å². The number of hydrogen-bond donors (Lipinski definition) is 1. The summed E-state index contributed by atoms with van der Waals surface area (Å²) in [6.07, 6.45) is 1.28. The Kier molecular flexibility index (Phi) is 5.53. The average Bonchev–Trinajstić information content (AvgIpc) is 3.16. The fourth-order valence-corrected chi connectivity index (χ4v) is 5.80. The van der Waals surface area contributed by atoms with Crippen LogP contribution in [-0.4, -0.2) is 43.8 Å². The third-order valence-electron chi connectivity index (χ3n) is 4.98. The molecular formula is C20H21N3O4S2. The number of fused-ring (bicyclic) bond motifs is 1. The number of piperidine rings is 1. The maximum atomic E-state index is 13.0. The molecule has 0 radical (unpaired) electrons. The number of methoxy groups -OCH3 is 1. The smallest absolute Gasteiger partial charge is 0.243 e. The van der Waals surface area contributed by atoms with Gasteiger partial charge in [-0.25, -0.2) is 13.4 Å². The Morgan fingerprint density at radius 2 is 1.97 bits per heavy atom. The molecule has 1 aliphatic rings. The van der Waals surface area contributed by atoms with E-state index in [0.29, 0.717) is 30.3 Å². The van der Waals surface area contributed by atoms with E-state index in [9.17, 15) is 13.2 Å². The van der Waals surface area contributed by atoms with Crippen molar-refractivity contribution in [1.29, 1.82) is 0 Å². The van der Waals surface area contributed by atoms with Crippen molar-refractivity contribution in [3.05, 3.63) is 48.5 Å². The minimum absolute atomic E-state index is 0.158. The van der Waals surface area contributed by atoms with Crippen LogP contribution in [0.2, 0.25) is 0 Å². The molecule has 1 aromatic heterocycles. The molecule has 1 fully saturated rings. The van der Waals surface area contributed by atoms with Gasteiger partial charge in [-0.3, -0.25) is 4.79 Å². The van der Waals surface area contributed by atoms with Gasteiger partial charge in [0.1, 0.15) is 5.75 Å². The molecule has 2 aromatic carbocycles. The Hall–Kier alpha value is -2.49. The Balaban J connectivity index is 1.47. The number of aromatic nitrogens is 1. The number of carbonyl (C=O) groups is 1. The van der Waals surface area contributed by atoms with Gasteiger partial charge in [0, 0.05) is 13.1 Å². The van der Waals surface area contributed by atoms with E-state index < -0.39 is 15.9 Å². The highest BCUT2D eigenvalue weighted by Crippen LogP contribution is 2.28. The Bertz CT molecular complexity index is 1090. The van der Waals surface area contributed by atoms with Crippen molar-refractivity contribution >= 4 is 42.6 Å². The fourth-order valence-electron chi connectivity index (χ4n) is 3.40. The second kappa shape index (κ2) is 8.10. The number of benzene rings is 2. The molecule has 7 nitrogen and oxygen atoms in total. The molecule has 0 unspecified atom stereocenters. The van der Waals surface area contributed by atoms with E-state index in [1.807, 2.05) is 24.3 Å². The second-order valence-electron chi connectivity index (χ2n) is 6.85. The van der Waals surface area contributed by atoms with E-state index in [2.05, 4.69) is 10.3 Å². The maximum absolute atomic E-state index is 13.0. The predicted octanol–water partition coefficient (Wildman–Crippen LogP) is 3.34. The van der Waals surface area contributed by atoms with Gasteiger partial charge >= 0.3 is 0 Å². The lowest BCUT2D eigenvalue weighted by atomic mass is 9.99. The number of thiazole rings is 1. The van der Waals surface area contributed by atoms with Gasteiger partial charge in [-0.1, -0.05) is 23.5 Å². The summed E-state index contributed by atoms with van der Waals surface area (Å²) in [4.78, 5) is 17.4. The Morgan fingerprint density at radius 1 is 1.21 bits per heavy atom. The van der Waals surface area contributed by atoms with Crippen molar-refractivity contribution < 1.29 is 17.9 Å². The molecular weight excluding hydrogens is 410 g/mol. The van der Waals surface area contributed by atoms with Gasteiger partial charge in [0.15, 0.2) is 5.13 Å². The van der Waals surface area contributed by atoms with Crippen LogP contribution in [0.25, 0.3) is 10.2 Å². The lowest BCUT2D eigenvalue weighted by Crippen LogP contribution is -2.43. The van der Waals surface area contributed by atoms with E-state index in [-0.39, 0.29) is 17.3 Å². The normalized spacial score (nSPS) is 17.9. The highest BCUT2D eigenvalue weighted by Gasteiger charge is 2.33. The fraction of sp³-hybridized carbons (Fsp3) is 0.300. The number of carbonyl (C=O) groups excluding carboxylic acids is 1. The van der Waals surface area contributed by atoms with Crippen LogP contribution in [-0.2, 0) is 14.8 Å².